The Hall–Kier alpha value is -3.39. The van der Waals surface area contributed by atoms with Crippen LogP contribution in [0.5, 0.6) is 0 Å². The lowest BCUT2D eigenvalue weighted by Gasteiger charge is -2.10. The molecule has 2 aromatic carbocycles. The van der Waals surface area contributed by atoms with E-state index in [-0.39, 0.29) is 42.4 Å². The number of nitrogens with zero attached hydrogens (tertiary/aromatic N) is 4. The van der Waals surface area contributed by atoms with Crippen LogP contribution < -0.4 is 16.6 Å². The molecule has 0 spiro atoms. The van der Waals surface area contributed by atoms with E-state index in [4.69, 9.17) is 11.6 Å². The number of rotatable bonds is 7. The Labute approximate surface area is 189 Å². The molecule has 0 saturated heterocycles. The maximum Gasteiger partial charge on any atom is 0.352 e. The van der Waals surface area contributed by atoms with Crippen molar-refractivity contribution in [3.05, 3.63) is 80.0 Å². The van der Waals surface area contributed by atoms with Crippen molar-refractivity contribution in [3.8, 4) is 0 Å². The largest absolute Gasteiger partial charge is 0.356 e. The summed E-state index contributed by atoms with van der Waals surface area (Å²) in [6.45, 7) is 4.86. The van der Waals surface area contributed by atoms with E-state index in [1.807, 2.05) is 32.0 Å². The predicted molar refractivity (Wildman–Crippen MR) is 124 cm³/mol. The van der Waals surface area contributed by atoms with Crippen LogP contribution in [0.15, 0.2) is 58.1 Å². The van der Waals surface area contributed by atoms with Crippen molar-refractivity contribution in [1.29, 1.82) is 0 Å². The molecule has 2 heterocycles. The normalized spacial score (nSPS) is 11.5. The Morgan fingerprint density at radius 2 is 1.81 bits per heavy atom. The topological polar surface area (TPSA) is 90.4 Å². The minimum absolute atomic E-state index is 0.103. The van der Waals surface area contributed by atoms with E-state index in [1.165, 1.54) is 13.6 Å². The molecule has 0 saturated carbocycles. The van der Waals surface area contributed by atoms with Crippen molar-refractivity contribution < 1.29 is 4.79 Å². The number of hydrogen-bond donors (Lipinski definition) is 1. The van der Waals surface area contributed by atoms with Crippen molar-refractivity contribution in [2.75, 3.05) is 6.54 Å². The second kappa shape index (κ2) is 9.00. The first-order valence-corrected chi connectivity index (χ1v) is 10.9. The molecule has 4 rings (SSSR count). The van der Waals surface area contributed by atoms with Gasteiger partial charge in [-0.25, -0.2) is 13.9 Å². The number of para-hydroxylation sites is 1. The van der Waals surface area contributed by atoms with Crippen LogP contribution in [0.2, 0.25) is 5.02 Å². The fourth-order valence-corrected chi connectivity index (χ4v) is 3.78. The molecular formula is C23H24ClN5O3. The van der Waals surface area contributed by atoms with Crippen molar-refractivity contribution >= 4 is 34.2 Å². The van der Waals surface area contributed by atoms with Gasteiger partial charge in [0.25, 0.3) is 5.56 Å². The molecule has 0 radical (unpaired) electrons. The zero-order chi connectivity index (χ0) is 22.8. The smallest absolute Gasteiger partial charge is 0.352 e. The first kappa shape index (κ1) is 21.8. The highest BCUT2D eigenvalue weighted by Crippen LogP contribution is 2.16. The van der Waals surface area contributed by atoms with Crippen LogP contribution >= 0.6 is 11.6 Å². The van der Waals surface area contributed by atoms with Crippen LogP contribution in [0, 0.1) is 5.92 Å². The van der Waals surface area contributed by atoms with Crippen LogP contribution in [0.1, 0.15) is 25.8 Å². The van der Waals surface area contributed by atoms with Gasteiger partial charge in [-0.05, 0) is 29.7 Å². The Morgan fingerprint density at radius 3 is 2.56 bits per heavy atom. The predicted octanol–water partition coefficient (Wildman–Crippen LogP) is 2.67. The van der Waals surface area contributed by atoms with E-state index in [0.717, 1.165) is 5.56 Å². The first-order valence-electron chi connectivity index (χ1n) is 10.5. The summed E-state index contributed by atoms with van der Waals surface area (Å²) in [4.78, 5) is 38.7. The molecule has 166 valence electrons. The molecule has 0 atom stereocenters. The summed E-state index contributed by atoms with van der Waals surface area (Å²) in [6, 6.07) is 14.1. The Morgan fingerprint density at radius 1 is 1.09 bits per heavy atom. The third kappa shape index (κ3) is 4.18. The second-order valence-corrected chi connectivity index (χ2v) is 8.50. The first-order chi connectivity index (χ1) is 15.4. The molecule has 8 nitrogen and oxygen atoms in total. The number of nitrogens with one attached hydrogen (secondary N) is 1. The average Bonchev–Trinajstić information content (AvgIpc) is 3.09. The van der Waals surface area contributed by atoms with E-state index >= 15 is 0 Å². The van der Waals surface area contributed by atoms with Gasteiger partial charge >= 0.3 is 5.69 Å². The summed E-state index contributed by atoms with van der Waals surface area (Å²) in [6.07, 6.45) is 0.103. The molecule has 4 aromatic rings. The van der Waals surface area contributed by atoms with Crippen molar-refractivity contribution in [1.82, 2.24) is 24.1 Å². The lowest BCUT2D eigenvalue weighted by atomic mass is 10.2. The van der Waals surface area contributed by atoms with Crippen LogP contribution in [0.25, 0.3) is 16.7 Å². The summed E-state index contributed by atoms with van der Waals surface area (Å²) in [5.41, 5.74) is 0.545. The van der Waals surface area contributed by atoms with Gasteiger partial charge in [-0.2, -0.15) is 0 Å². The molecule has 0 aliphatic carbocycles. The summed E-state index contributed by atoms with van der Waals surface area (Å²) in [7, 11) is 0. The van der Waals surface area contributed by atoms with E-state index in [2.05, 4.69) is 10.4 Å². The molecule has 1 N–H and O–H groups in total. The SMILES string of the molecule is CC(C)CNC(=O)CCn1c(=O)c2ccccc2n2c(=O)n(Cc3ccccc3Cl)nc12. The van der Waals surface area contributed by atoms with Gasteiger partial charge in [-0.3, -0.25) is 14.2 Å². The van der Waals surface area contributed by atoms with Gasteiger partial charge < -0.3 is 5.32 Å². The summed E-state index contributed by atoms with van der Waals surface area (Å²) >= 11 is 6.26. The van der Waals surface area contributed by atoms with Gasteiger partial charge in [0.1, 0.15) is 0 Å². The lowest BCUT2D eigenvalue weighted by molar-refractivity contribution is -0.121. The Balaban J connectivity index is 1.81. The van der Waals surface area contributed by atoms with Gasteiger partial charge in [0.2, 0.25) is 11.7 Å². The minimum atomic E-state index is -0.380. The Kier molecular flexibility index (Phi) is 6.14. The fourth-order valence-electron chi connectivity index (χ4n) is 3.58. The van der Waals surface area contributed by atoms with Crippen molar-refractivity contribution in [2.45, 2.75) is 33.4 Å². The van der Waals surface area contributed by atoms with Crippen LogP contribution in [-0.4, -0.2) is 31.2 Å². The number of halogens is 1. The highest BCUT2D eigenvalue weighted by atomic mass is 35.5. The number of aryl methyl sites for hydroxylation is 1. The molecule has 2 aromatic heterocycles. The summed E-state index contributed by atoms with van der Waals surface area (Å²) < 4.78 is 4.10. The number of aromatic nitrogens is 4. The zero-order valence-electron chi connectivity index (χ0n) is 17.9. The highest BCUT2D eigenvalue weighted by Gasteiger charge is 2.18. The second-order valence-electron chi connectivity index (χ2n) is 8.09. The molecule has 0 aliphatic heterocycles. The molecule has 1 amide bonds. The summed E-state index contributed by atoms with van der Waals surface area (Å²) in [5.74, 6) is 0.366. The quantitative estimate of drug-likeness (QED) is 0.466. The van der Waals surface area contributed by atoms with Crippen LogP contribution in [0.4, 0.5) is 0 Å². The number of benzene rings is 2. The molecule has 0 fully saturated rings. The third-order valence-corrected chi connectivity index (χ3v) is 5.60. The monoisotopic (exact) mass is 453 g/mol. The molecule has 9 heteroatoms. The van der Waals surface area contributed by atoms with Gasteiger partial charge in [-0.15, -0.1) is 5.10 Å². The van der Waals surface area contributed by atoms with Gasteiger partial charge in [-0.1, -0.05) is 55.8 Å². The standard InChI is InChI=1S/C23H24ClN5O3/c1-15(2)13-25-20(30)11-12-27-21(31)17-8-4-6-10-19(17)29-22(27)26-28(23(29)32)14-16-7-3-5-9-18(16)24/h3-10,15H,11-14H2,1-2H3,(H,25,30). The van der Waals surface area contributed by atoms with Crippen LogP contribution in [-0.2, 0) is 17.9 Å². The maximum absolute atomic E-state index is 13.3. The molecule has 32 heavy (non-hydrogen) atoms. The Bertz CT molecular complexity index is 1420. The molecule has 0 bridgehead atoms. The minimum Gasteiger partial charge on any atom is -0.356 e. The van der Waals surface area contributed by atoms with E-state index < -0.39 is 0 Å². The van der Waals surface area contributed by atoms with E-state index in [0.29, 0.717) is 28.4 Å². The lowest BCUT2D eigenvalue weighted by Crippen LogP contribution is -2.31. The number of carbonyl (C=O) groups is 1. The third-order valence-electron chi connectivity index (χ3n) is 5.23. The molecule has 0 aliphatic rings. The van der Waals surface area contributed by atoms with Gasteiger partial charge in [0, 0.05) is 24.5 Å². The number of fused-ring (bicyclic) bond motifs is 3. The van der Waals surface area contributed by atoms with Gasteiger partial charge in [0.15, 0.2) is 0 Å². The molecular weight excluding hydrogens is 430 g/mol. The van der Waals surface area contributed by atoms with Crippen molar-refractivity contribution in [3.63, 3.8) is 0 Å². The van der Waals surface area contributed by atoms with E-state index in [9.17, 15) is 14.4 Å². The maximum atomic E-state index is 13.3. The van der Waals surface area contributed by atoms with Crippen molar-refractivity contribution in [2.24, 2.45) is 5.92 Å². The van der Waals surface area contributed by atoms with Crippen LogP contribution in [0.3, 0.4) is 0 Å². The van der Waals surface area contributed by atoms with Gasteiger partial charge in [0.05, 0.1) is 17.4 Å². The summed E-state index contributed by atoms with van der Waals surface area (Å²) in [5, 5.41) is 8.22. The highest BCUT2D eigenvalue weighted by molar-refractivity contribution is 6.31. The molecule has 0 unspecified atom stereocenters. The number of carbonyl (C=O) groups excluding carboxylic acids is 1. The average molecular weight is 454 g/mol. The fraction of sp³-hybridized carbons (Fsp3) is 0.304. The zero-order valence-corrected chi connectivity index (χ0v) is 18.7. The number of amides is 1. The van der Waals surface area contributed by atoms with E-state index in [1.54, 1.807) is 30.3 Å². The number of hydrogen-bond acceptors (Lipinski definition) is 4.